The summed E-state index contributed by atoms with van der Waals surface area (Å²) in [6, 6.07) is 8.50. The van der Waals surface area contributed by atoms with E-state index in [0.717, 1.165) is 52.7 Å². The van der Waals surface area contributed by atoms with Crippen molar-refractivity contribution < 1.29 is 5.11 Å². The number of aryl methyl sites for hydroxylation is 2. The van der Waals surface area contributed by atoms with Crippen molar-refractivity contribution in [3.8, 4) is 10.6 Å². The van der Waals surface area contributed by atoms with Crippen molar-refractivity contribution in [1.29, 1.82) is 0 Å². The number of hydrogen-bond donors (Lipinski definition) is 2. The molecule has 2 N–H and O–H groups in total. The third kappa shape index (κ3) is 3.69. The fourth-order valence-corrected chi connectivity index (χ4v) is 5.06. The maximum Gasteiger partial charge on any atom is 0.140 e. The number of benzene rings is 1. The van der Waals surface area contributed by atoms with Gasteiger partial charge in [-0.05, 0) is 65.0 Å². The van der Waals surface area contributed by atoms with Crippen LogP contribution in [0.5, 0.6) is 0 Å². The molecule has 1 fully saturated rings. The lowest BCUT2D eigenvalue weighted by Gasteiger charge is -2.25. The molecule has 142 valence electrons. The Labute approximate surface area is 163 Å². The van der Waals surface area contributed by atoms with Crippen molar-refractivity contribution in [2.24, 2.45) is 5.92 Å². The van der Waals surface area contributed by atoms with Crippen molar-refractivity contribution in [1.82, 2.24) is 15.0 Å². The Balaban J connectivity index is 1.69. The van der Waals surface area contributed by atoms with Crippen LogP contribution in [0.1, 0.15) is 44.6 Å². The number of anilines is 1. The first kappa shape index (κ1) is 18.3. The topological polar surface area (TPSA) is 70.9 Å². The van der Waals surface area contributed by atoms with E-state index in [0.29, 0.717) is 12.0 Å². The van der Waals surface area contributed by atoms with Gasteiger partial charge in [-0.2, -0.15) is 0 Å². The molecule has 6 heteroatoms. The molecule has 0 bridgehead atoms. The van der Waals surface area contributed by atoms with Crippen LogP contribution in [0.3, 0.4) is 0 Å². The molecule has 0 aliphatic heterocycles. The molecule has 2 heterocycles. The highest BCUT2D eigenvalue weighted by molar-refractivity contribution is 7.21. The summed E-state index contributed by atoms with van der Waals surface area (Å²) in [5, 5.41) is 14.9. The highest BCUT2D eigenvalue weighted by atomic mass is 32.1. The van der Waals surface area contributed by atoms with Crippen molar-refractivity contribution in [3.63, 3.8) is 0 Å². The highest BCUT2D eigenvalue weighted by Gasteiger charge is 2.35. The van der Waals surface area contributed by atoms with Gasteiger partial charge in [-0.15, -0.1) is 11.3 Å². The highest BCUT2D eigenvalue weighted by Crippen LogP contribution is 2.39. The SMILES string of the molecule is Cc1nc(C)c(-c2nc3ccccc3s2)c(NC2CCC(C(C)(C)O)C2)n1. The van der Waals surface area contributed by atoms with Gasteiger partial charge in [0.1, 0.15) is 16.6 Å². The van der Waals surface area contributed by atoms with Crippen molar-refractivity contribution >= 4 is 27.4 Å². The van der Waals surface area contributed by atoms with Gasteiger partial charge in [0, 0.05) is 6.04 Å². The standard InChI is InChI=1S/C21H26N4OS/c1-12-18(20-25-16-7-5-6-8-17(16)27-20)19(23-13(2)22-12)24-15-10-9-14(11-15)21(3,4)26/h5-8,14-15,26H,9-11H2,1-4H3,(H,22,23,24). The zero-order chi connectivity index (χ0) is 19.2. The van der Waals surface area contributed by atoms with E-state index in [1.807, 2.05) is 45.9 Å². The molecule has 3 aromatic rings. The Morgan fingerprint density at radius 3 is 2.59 bits per heavy atom. The van der Waals surface area contributed by atoms with E-state index in [-0.39, 0.29) is 0 Å². The minimum atomic E-state index is -0.635. The number of nitrogens with zero attached hydrogens (tertiary/aromatic N) is 3. The predicted molar refractivity (Wildman–Crippen MR) is 111 cm³/mol. The second kappa shape index (κ2) is 6.84. The maximum atomic E-state index is 10.3. The summed E-state index contributed by atoms with van der Waals surface area (Å²) in [5.41, 5.74) is 2.31. The van der Waals surface area contributed by atoms with Crippen LogP contribution in [-0.2, 0) is 0 Å². The minimum absolute atomic E-state index is 0.309. The van der Waals surface area contributed by atoms with E-state index in [1.54, 1.807) is 11.3 Å². The summed E-state index contributed by atoms with van der Waals surface area (Å²) in [4.78, 5) is 14.1. The Morgan fingerprint density at radius 2 is 1.89 bits per heavy atom. The molecule has 1 aliphatic rings. The monoisotopic (exact) mass is 382 g/mol. The van der Waals surface area contributed by atoms with Crippen molar-refractivity contribution in [2.75, 3.05) is 5.32 Å². The normalized spacial score (nSPS) is 20.3. The van der Waals surface area contributed by atoms with Crippen LogP contribution in [0.4, 0.5) is 5.82 Å². The van der Waals surface area contributed by atoms with Gasteiger partial charge in [0.25, 0.3) is 0 Å². The number of hydrogen-bond acceptors (Lipinski definition) is 6. The first-order chi connectivity index (χ1) is 12.8. The fourth-order valence-electron chi connectivity index (χ4n) is 4.00. The molecule has 2 atom stereocenters. The number of fused-ring (bicyclic) bond motifs is 1. The van der Waals surface area contributed by atoms with Crippen LogP contribution in [0.25, 0.3) is 20.8 Å². The first-order valence-electron chi connectivity index (χ1n) is 9.51. The lowest BCUT2D eigenvalue weighted by atomic mass is 9.89. The Hall–Kier alpha value is -2.05. The first-order valence-corrected chi connectivity index (χ1v) is 10.3. The summed E-state index contributed by atoms with van der Waals surface area (Å²) >= 11 is 1.68. The summed E-state index contributed by atoms with van der Waals surface area (Å²) in [6.07, 6.45) is 3.02. The smallest absolute Gasteiger partial charge is 0.140 e. The third-order valence-corrected chi connectivity index (χ3v) is 6.54. The Kier molecular flexibility index (Phi) is 4.64. The average Bonchev–Trinajstić information content (AvgIpc) is 3.20. The van der Waals surface area contributed by atoms with Crippen molar-refractivity contribution in [2.45, 2.75) is 58.6 Å². The Bertz CT molecular complexity index is 943. The number of para-hydroxylation sites is 1. The molecule has 4 rings (SSSR count). The van der Waals surface area contributed by atoms with Crippen LogP contribution in [0.15, 0.2) is 24.3 Å². The van der Waals surface area contributed by atoms with Crippen LogP contribution < -0.4 is 5.32 Å². The number of nitrogens with one attached hydrogen (secondary N) is 1. The van der Waals surface area contributed by atoms with Gasteiger partial charge in [0.15, 0.2) is 0 Å². The summed E-state index contributed by atoms with van der Waals surface area (Å²) < 4.78 is 1.17. The van der Waals surface area contributed by atoms with Crippen LogP contribution >= 0.6 is 11.3 Å². The molecule has 0 spiro atoms. The third-order valence-electron chi connectivity index (χ3n) is 5.48. The molecule has 2 aromatic heterocycles. The Morgan fingerprint density at radius 1 is 1.11 bits per heavy atom. The molecule has 5 nitrogen and oxygen atoms in total. The van der Waals surface area contributed by atoms with Crippen LogP contribution in [-0.4, -0.2) is 31.7 Å². The second-order valence-electron chi connectivity index (χ2n) is 8.07. The molecule has 0 radical (unpaired) electrons. The van der Waals surface area contributed by atoms with Gasteiger partial charge in [-0.3, -0.25) is 0 Å². The molecule has 1 aliphatic carbocycles. The summed E-state index contributed by atoms with van der Waals surface area (Å²) in [7, 11) is 0. The van der Waals surface area contributed by atoms with E-state index < -0.39 is 5.60 Å². The minimum Gasteiger partial charge on any atom is -0.390 e. The number of rotatable bonds is 4. The van der Waals surface area contributed by atoms with Gasteiger partial charge in [0.2, 0.25) is 0 Å². The van der Waals surface area contributed by atoms with E-state index in [4.69, 9.17) is 9.97 Å². The lowest BCUT2D eigenvalue weighted by Crippen LogP contribution is -2.30. The van der Waals surface area contributed by atoms with Gasteiger partial charge in [-0.1, -0.05) is 12.1 Å². The molecule has 0 amide bonds. The molecule has 27 heavy (non-hydrogen) atoms. The van der Waals surface area contributed by atoms with Gasteiger partial charge >= 0.3 is 0 Å². The van der Waals surface area contributed by atoms with E-state index in [1.165, 1.54) is 4.70 Å². The quantitative estimate of drug-likeness (QED) is 0.683. The fraction of sp³-hybridized carbons (Fsp3) is 0.476. The zero-order valence-electron chi connectivity index (χ0n) is 16.3. The molecular formula is C21H26N4OS. The summed E-state index contributed by atoms with van der Waals surface area (Å²) in [5.74, 6) is 1.93. The largest absolute Gasteiger partial charge is 0.390 e. The molecule has 2 unspecified atom stereocenters. The maximum absolute atomic E-state index is 10.3. The lowest BCUT2D eigenvalue weighted by molar-refractivity contribution is 0.0197. The van der Waals surface area contributed by atoms with Gasteiger partial charge in [0.05, 0.1) is 27.1 Å². The number of aliphatic hydroxyl groups is 1. The van der Waals surface area contributed by atoms with Crippen LogP contribution in [0.2, 0.25) is 0 Å². The molecule has 0 saturated heterocycles. The molecule has 1 saturated carbocycles. The zero-order valence-corrected chi connectivity index (χ0v) is 17.1. The summed E-state index contributed by atoms with van der Waals surface area (Å²) in [6.45, 7) is 7.77. The number of aromatic nitrogens is 3. The average molecular weight is 383 g/mol. The van der Waals surface area contributed by atoms with E-state index in [9.17, 15) is 5.11 Å². The molecular weight excluding hydrogens is 356 g/mol. The second-order valence-corrected chi connectivity index (χ2v) is 9.10. The predicted octanol–water partition coefficient (Wildman–Crippen LogP) is 4.72. The van der Waals surface area contributed by atoms with Crippen LogP contribution in [0, 0.1) is 19.8 Å². The number of thiazole rings is 1. The van der Waals surface area contributed by atoms with E-state index in [2.05, 4.69) is 16.4 Å². The van der Waals surface area contributed by atoms with Gasteiger partial charge < -0.3 is 10.4 Å². The van der Waals surface area contributed by atoms with E-state index >= 15 is 0 Å². The van der Waals surface area contributed by atoms with Crippen molar-refractivity contribution in [3.05, 3.63) is 35.8 Å². The van der Waals surface area contributed by atoms with Gasteiger partial charge in [-0.25, -0.2) is 15.0 Å². The molecule has 1 aromatic carbocycles.